The molecule has 0 saturated carbocycles. The number of ether oxygens (including phenoxy) is 6. The van der Waals surface area contributed by atoms with Crippen LogP contribution in [0.5, 0.6) is 23.0 Å². The van der Waals surface area contributed by atoms with Crippen LogP contribution < -0.4 is 18.9 Å². The molecule has 0 heterocycles. The first kappa shape index (κ1) is 46.8. The van der Waals surface area contributed by atoms with Crippen LogP contribution in [0, 0.1) is 19.7 Å². The van der Waals surface area contributed by atoms with Gasteiger partial charge in [-0.2, -0.15) is 0 Å². The van der Waals surface area contributed by atoms with Gasteiger partial charge in [0.15, 0.2) is 11.4 Å². The van der Waals surface area contributed by atoms with Gasteiger partial charge in [0.25, 0.3) is 0 Å². The first-order valence-corrected chi connectivity index (χ1v) is 20.8. The summed E-state index contributed by atoms with van der Waals surface area (Å²) in [5.74, 6) is -0.394. The molecule has 6 rings (SSSR count). The molecule has 0 aliphatic rings. The van der Waals surface area contributed by atoms with Crippen LogP contribution in [-0.4, -0.2) is 55.8 Å². The van der Waals surface area contributed by atoms with Crippen LogP contribution in [0.2, 0.25) is 0 Å². The van der Waals surface area contributed by atoms with Gasteiger partial charge in [-0.05, 0) is 95.1 Å². The first-order valence-electron chi connectivity index (χ1n) is 20.8. The van der Waals surface area contributed by atoms with E-state index in [4.69, 9.17) is 48.1 Å². The number of esters is 4. The molecule has 0 aliphatic carbocycles. The summed E-state index contributed by atoms with van der Waals surface area (Å²) in [4.78, 5) is 60.8. The fraction of sp³-hybridized carbons (Fsp3) is 0.189. The topological polar surface area (TPSA) is 137 Å². The van der Waals surface area contributed by atoms with Gasteiger partial charge >= 0.3 is 23.9 Å². The minimum absolute atomic E-state index is 0.0248. The quantitative estimate of drug-likeness (QED) is 0.0315. The summed E-state index contributed by atoms with van der Waals surface area (Å²) in [6, 6.07) is 41.3. The van der Waals surface area contributed by atoms with Crippen LogP contribution in [0.4, 0.5) is 11.4 Å². The van der Waals surface area contributed by atoms with E-state index in [0.29, 0.717) is 45.5 Å². The Bertz CT molecular complexity index is 2550. The third-order valence-corrected chi connectivity index (χ3v) is 10.2. The van der Waals surface area contributed by atoms with E-state index in [1.54, 1.807) is 104 Å². The van der Waals surface area contributed by atoms with E-state index in [2.05, 4.69) is 14.5 Å². The maximum Gasteiger partial charge on any atom is 0.343 e. The SMILES string of the molecule is [C-]#[N+]c1ccc(-c2ccc(OC(=O)c3ccc(OCCOC(=O)CCC(C)(CCC(=O)OCCOc4ccc(C(=O)Oc5ccc(-c6ccc([N+]#[C-])cc6)cc5)cc4)[N+]#[C-])cc3)cc2)cc1. The van der Waals surface area contributed by atoms with Crippen LogP contribution in [0.1, 0.15) is 53.3 Å². The third kappa shape index (κ3) is 13.9. The zero-order chi connectivity index (χ0) is 46.7. The highest BCUT2D eigenvalue weighted by Crippen LogP contribution is 2.28. The lowest BCUT2D eigenvalue weighted by Gasteiger charge is -2.16. The molecular formula is C53H43N3O10. The molecule has 0 saturated heterocycles. The summed E-state index contributed by atoms with van der Waals surface area (Å²) in [6.07, 6.45) is 0.317. The summed E-state index contributed by atoms with van der Waals surface area (Å²) in [7, 11) is 0. The summed E-state index contributed by atoms with van der Waals surface area (Å²) in [6.45, 7) is 23.6. The predicted molar refractivity (Wildman–Crippen MR) is 245 cm³/mol. The highest BCUT2D eigenvalue weighted by Gasteiger charge is 2.32. The fourth-order valence-electron chi connectivity index (χ4n) is 6.35. The van der Waals surface area contributed by atoms with Crippen molar-refractivity contribution in [1.82, 2.24) is 0 Å². The Morgan fingerprint density at radius 3 is 1.08 bits per heavy atom. The zero-order valence-electron chi connectivity index (χ0n) is 35.9. The van der Waals surface area contributed by atoms with Crippen molar-refractivity contribution >= 4 is 35.3 Å². The van der Waals surface area contributed by atoms with Crippen LogP contribution >= 0.6 is 0 Å². The molecule has 0 fully saturated rings. The van der Waals surface area contributed by atoms with Crippen molar-refractivity contribution in [1.29, 1.82) is 0 Å². The van der Waals surface area contributed by atoms with Gasteiger partial charge in [-0.3, -0.25) is 9.59 Å². The molecule has 0 aliphatic heterocycles. The molecule has 13 heteroatoms. The fourth-order valence-corrected chi connectivity index (χ4v) is 6.35. The monoisotopic (exact) mass is 881 g/mol. The van der Waals surface area contributed by atoms with Crippen LogP contribution in [0.15, 0.2) is 146 Å². The normalized spacial score (nSPS) is 10.6. The number of hydrogen-bond acceptors (Lipinski definition) is 10. The summed E-state index contributed by atoms with van der Waals surface area (Å²) < 4.78 is 32.9. The lowest BCUT2D eigenvalue weighted by molar-refractivity contribution is -0.144. The molecule has 0 spiro atoms. The highest BCUT2D eigenvalue weighted by atomic mass is 16.6. The molecule has 0 aromatic heterocycles. The van der Waals surface area contributed by atoms with E-state index in [0.717, 1.165) is 22.3 Å². The van der Waals surface area contributed by atoms with Crippen LogP contribution in [-0.2, 0) is 19.1 Å². The van der Waals surface area contributed by atoms with Gasteiger partial charge in [-0.25, -0.2) is 25.9 Å². The standard InChI is InChI=1S/C53H43N3O10/c1-53(56-4,31-29-49(57)63-35-33-61-45-21-13-41(14-22-45)51(59)65-47-25-9-39(10-26-47)37-5-17-43(54-2)18-6-37)32-30-50(58)64-36-34-62-46-23-15-42(16-24-46)52(60)66-48-27-11-40(12-28-48)38-7-19-44(55-3)20-8-38/h5-28H,29-36H2,1H3. The molecule has 6 aromatic carbocycles. The van der Waals surface area contributed by atoms with Crippen molar-refractivity contribution in [3.8, 4) is 45.3 Å². The minimum atomic E-state index is -0.982. The minimum Gasteiger partial charge on any atom is -0.490 e. The number of hydrogen-bond donors (Lipinski definition) is 0. The molecule has 0 amide bonds. The number of benzene rings is 6. The second-order valence-corrected chi connectivity index (χ2v) is 14.9. The number of rotatable bonds is 20. The Balaban J connectivity index is 0.814. The molecule has 0 radical (unpaired) electrons. The molecule has 330 valence electrons. The van der Waals surface area contributed by atoms with E-state index in [9.17, 15) is 19.2 Å². The zero-order valence-corrected chi connectivity index (χ0v) is 35.9. The Morgan fingerprint density at radius 1 is 0.439 bits per heavy atom. The van der Waals surface area contributed by atoms with Gasteiger partial charge in [-0.1, -0.05) is 72.8 Å². The third-order valence-electron chi connectivity index (χ3n) is 10.2. The summed E-state index contributed by atoms with van der Waals surface area (Å²) in [5.41, 5.74) is 4.50. The predicted octanol–water partition coefficient (Wildman–Crippen LogP) is 11.3. The summed E-state index contributed by atoms with van der Waals surface area (Å²) in [5, 5.41) is 0. The van der Waals surface area contributed by atoms with Gasteiger partial charge in [0, 0.05) is 19.8 Å². The Kier molecular flexibility index (Phi) is 16.4. The van der Waals surface area contributed by atoms with Crippen molar-refractivity contribution in [2.24, 2.45) is 0 Å². The molecular weight excluding hydrogens is 839 g/mol. The van der Waals surface area contributed by atoms with E-state index in [1.165, 1.54) is 0 Å². The smallest absolute Gasteiger partial charge is 0.343 e. The van der Waals surface area contributed by atoms with Crippen molar-refractivity contribution in [2.45, 2.75) is 38.1 Å². The van der Waals surface area contributed by atoms with Gasteiger partial charge in [-0.15, -0.1) is 0 Å². The second kappa shape index (κ2) is 23.1. The van der Waals surface area contributed by atoms with E-state index in [1.807, 2.05) is 48.5 Å². The Labute approximate surface area is 382 Å². The lowest BCUT2D eigenvalue weighted by atomic mass is 9.91. The van der Waals surface area contributed by atoms with Crippen molar-refractivity contribution < 1.29 is 47.6 Å². The summed E-state index contributed by atoms with van der Waals surface area (Å²) >= 11 is 0. The molecule has 6 aromatic rings. The van der Waals surface area contributed by atoms with E-state index >= 15 is 0 Å². The van der Waals surface area contributed by atoms with Crippen molar-refractivity contribution in [2.75, 3.05) is 26.4 Å². The first-order chi connectivity index (χ1) is 32.0. The maximum atomic E-state index is 12.7. The Morgan fingerprint density at radius 2 is 0.758 bits per heavy atom. The van der Waals surface area contributed by atoms with Crippen LogP contribution in [0.3, 0.4) is 0 Å². The van der Waals surface area contributed by atoms with Crippen LogP contribution in [0.25, 0.3) is 36.8 Å². The van der Waals surface area contributed by atoms with Gasteiger partial charge < -0.3 is 33.3 Å². The van der Waals surface area contributed by atoms with Gasteiger partial charge in [0.1, 0.15) is 49.4 Å². The molecule has 0 N–H and O–H groups in total. The van der Waals surface area contributed by atoms with E-state index in [-0.39, 0.29) is 52.1 Å². The second-order valence-electron chi connectivity index (χ2n) is 14.9. The largest absolute Gasteiger partial charge is 0.490 e. The molecule has 66 heavy (non-hydrogen) atoms. The van der Waals surface area contributed by atoms with E-state index < -0.39 is 29.4 Å². The van der Waals surface area contributed by atoms with Crippen molar-refractivity contribution in [3.63, 3.8) is 0 Å². The number of nitrogens with zero attached hydrogens (tertiary/aromatic N) is 3. The average Bonchev–Trinajstić information content (AvgIpc) is 3.36. The maximum absolute atomic E-state index is 12.7. The lowest BCUT2D eigenvalue weighted by Crippen LogP contribution is -2.24. The van der Waals surface area contributed by atoms with Gasteiger partial charge in [0.2, 0.25) is 5.54 Å². The molecule has 13 nitrogen and oxygen atoms in total. The molecule has 0 unspecified atom stereocenters. The van der Waals surface area contributed by atoms with Crippen molar-refractivity contribution in [3.05, 3.63) is 191 Å². The van der Waals surface area contributed by atoms with Gasteiger partial charge in [0.05, 0.1) is 37.1 Å². The average molecular weight is 882 g/mol. The number of carbonyl (C=O) groups is 4. The Hall–Kier alpha value is -8.73. The molecule has 0 atom stereocenters. The number of carbonyl (C=O) groups excluding carboxylic acids is 4. The highest BCUT2D eigenvalue weighted by molar-refractivity contribution is 5.92. The molecule has 0 bridgehead atoms.